The standard InChI is InChI=1S/C14H18FNO4/c1-14(2,3)20-13(19)16-10-5-6-11(15)9(8-10)4-7-12(17)18/h5-6,8H,4,7H2,1-3H3,(H,16,19)(H,17,18). The average molecular weight is 283 g/mol. The minimum atomic E-state index is -1.00. The normalized spacial score (nSPS) is 11.0. The van der Waals surface area contributed by atoms with Crippen molar-refractivity contribution >= 4 is 17.7 Å². The Morgan fingerprint density at radius 3 is 2.55 bits per heavy atom. The van der Waals surface area contributed by atoms with Crippen LogP contribution in [0.5, 0.6) is 0 Å². The molecule has 0 aliphatic heterocycles. The van der Waals surface area contributed by atoms with Crippen LogP contribution in [0.15, 0.2) is 18.2 Å². The lowest BCUT2D eigenvalue weighted by Gasteiger charge is -2.19. The number of amides is 1. The van der Waals surface area contributed by atoms with E-state index < -0.39 is 23.5 Å². The topological polar surface area (TPSA) is 75.6 Å². The van der Waals surface area contributed by atoms with Crippen LogP contribution >= 0.6 is 0 Å². The number of ether oxygens (including phenoxy) is 1. The molecule has 1 aromatic carbocycles. The zero-order chi connectivity index (χ0) is 15.3. The van der Waals surface area contributed by atoms with Crippen molar-refractivity contribution in [3.8, 4) is 0 Å². The fraction of sp³-hybridized carbons (Fsp3) is 0.429. The minimum absolute atomic E-state index is 0.0605. The SMILES string of the molecule is CC(C)(C)OC(=O)Nc1ccc(F)c(CCC(=O)O)c1. The largest absolute Gasteiger partial charge is 0.481 e. The number of carboxylic acids is 1. The molecule has 0 saturated heterocycles. The van der Waals surface area contributed by atoms with Gasteiger partial charge in [0.25, 0.3) is 0 Å². The molecule has 0 aliphatic carbocycles. The Morgan fingerprint density at radius 1 is 1.35 bits per heavy atom. The van der Waals surface area contributed by atoms with Gasteiger partial charge in [0, 0.05) is 12.1 Å². The summed E-state index contributed by atoms with van der Waals surface area (Å²) in [6.45, 7) is 5.20. The first-order valence-electron chi connectivity index (χ1n) is 6.17. The smallest absolute Gasteiger partial charge is 0.412 e. The molecule has 0 atom stereocenters. The first kappa shape index (κ1) is 15.9. The molecule has 0 unspecified atom stereocenters. The van der Waals surface area contributed by atoms with Gasteiger partial charge in [0.1, 0.15) is 11.4 Å². The Balaban J connectivity index is 2.74. The summed E-state index contributed by atoms with van der Waals surface area (Å²) < 4.78 is 18.6. The van der Waals surface area contributed by atoms with Gasteiger partial charge in [-0.15, -0.1) is 0 Å². The average Bonchev–Trinajstić information content (AvgIpc) is 2.27. The van der Waals surface area contributed by atoms with Crippen LogP contribution in [0.4, 0.5) is 14.9 Å². The van der Waals surface area contributed by atoms with E-state index in [4.69, 9.17) is 9.84 Å². The van der Waals surface area contributed by atoms with E-state index in [-0.39, 0.29) is 18.4 Å². The van der Waals surface area contributed by atoms with Crippen LogP contribution in [-0.2, 0) is 16.0 Å². The van der Waals surface area contributed by atoms with Crippen LogP contribution in [0, 0.1) is 5.82 Å². The lowest BCUT2D eigenvalue weighted by molar-refractivity contribution is -0.136. The van der Waals surface area contributed by atoms with E-state index in [1.54, 1.807) is 20.8 Å². The molecule has 1 amide bonds. The molecule has 110 valence electrons. The number of nitrogens with one attached hydrogen (secondary N) is 1. The maximum atomic E-state index is 13.5. The molecule has 1 rings (SSSR count). The highest BCUT2D eigenvalue weighted by Gasteiger charge is 2.16. The van der Waals surface area contributed by atoms with Crippen molar-refractivity contribution in [2.75, 3.05) is 5.32 Å². The number of carbonyl (C=O) groups excluding carboxylic acids is 1. The van der Waals surface area contributed by atoms with Crippen LogP contribution in [0.25, 0.3) is 0 Å². The number of aliphatic carboxylic acids is 1. The first-order chi connectivity index (χ1) is 9.17. The highest BCUT2D eigenvalue weighted by molar-refractivity contribution is 5.85. The van der Waals surface area contributed by atoms with Crippen molar-refractivity contribution in [1.82, 2.24) is 0 Å². The van der Waals surface area contributed by atoms with Crippen LogP contribution in [0.3, 0.4) is 0 Å². The number of hydrogen-bond acceptors (Lipinski definition) is 3. The maximum absolute atomic E-state index is 13.5. The lowest BCUT2D eigenvalue weighted by atomic mass is 10.1. The monoisotopic (exact) mass is 283 g/mol. The van der Waals surface area contributed by atoms with Crippen LogP contribution in [0.2, 0.25) is 0 Å². The summed E-state index contributed by atoms with van der Waals surface area (Å²) in [5, 5.41) is 11.1. The third-order valence-electron chi connectivity index (χ3n) is 2.30. The van der Waals surface area contributed by atoms with Gasteiger partial charge >= 0.3 is 12.1 Å². The van der Waals surface area contributed by atoms with Gasteiger partial charge in [0.2, 0.25) is 0 Å². The maximum Gasteiger partial charge on any atom is 0.412 e. The fourth-order valence-electron chi connectivity index (χ4n) is 1.51. The highest BCUT2D eigenvalue weighted by Crippen LogP contribution is 2.17. The third-order valence-corrected chi connectivity index (χ3v) is 2.30. The van der Waals surface area contributed by atoms with Gasteiger partial charge in [0.05, 0.1) is 0 Å². The van der Waals surface area contributed by atoms with Gasteiger partial charge < -0.3 is 9.84 Å². The molecule has 0 saturated carbocycles. The third kappa shape index (κ3) is 5.69. The molecule has 20 heavy (non-hydrogen) atoms. The number of rotatable bonds is 4. The first-order valence-corrected chi connectivity index (χ1v) is 6.17. The highest BCUT2D eigenvalue weighted by atomic mass is 19.1. The summed E-state index contributed by atoms with van der Waals surface area (Å²) in [7, 11) is 0. The van der Waals surface area contributed by atoms with Gasteiger partial charge in [-0.05, 0) is 51.0 Å². The molecular formula is C14H18FNO4. The molecule has 0 heterocycles. The molecular weight excluding hydrogens is 265 g/mol. The Labute approximate surface area is 116 Å². The minimum Gasteiger partial charge on any atom is -0.481 e. The number of halogens is 1. The molecule has 0 aromatic heterocycles. The zero-order valence-electron chi connectivity index (χ0n) is 11.7. The summed E-state index contributed by atoms with van der Waals surface area (Å²) in [5.74, 6) is -1.50. The fourth-order valence-corrected chi connectivity index (χ4v) is 1.51. The van der Waals surface area contributed by atoms with Crippen LogP contribution < -0.4 is 5.32 Å². The lowest BCUT2D eigenvalue weighted by Crippen LogP contribution is -2.27. The molecule has 0 bridgehead atoms. The second-order valence-corrected chi connectivity index (χ2v) is 5.33. The van der Waals surface area contributed by atoms with Crippen molar-refractivity contribution in [3.05, 3.63) is 29.6 Å². The van der Waals surface area contributed by atoms with E-state index in [9.17, 15) is 14.0 Å². The quantitative estimate of drug-likeness (QED) is 0.889. The number of benzene rings is 1. The van der Waals surface area contributed by atoms with E-state index in [1.807, 2.05) is 0 Å². The summed E-state index contributed by atoms with van der Waals surface area (Å²) in [5.41, 5.74) is -0.0296. The van der Waals surface area contributed by atoms with Gasteiger partial charge in [-0.25, -0.2) is 9.18 Å². The van der Waals surface area contributed by atoms with Crippen molar-refractivity contribution in [2.45, 2.75) is 39.2 Å². The Hall–Kier alpha value is -2.11. The van der Waals surface area contributed by atoms with E-state index in [1.165, 1.54) is 18.2 Å². The van der Waals surface area contributed by atoms with Gasteiger partial charge in [-0.3, -0.25) is 10.1 Å². The Bertz CT molecular complexity index is 508. The molecule has 5 nitrogen and oxygen atoms in total. The van der Waals surface area contributed by atoms with Gasteiger partial charge in [0.15, 0.2) is 0 Å². The second kappa shape index (κ2) is 6.36. The predicted octanol–water partition coefficient (Wildman–Crippen LogP) is 3.19. The molecule has 2 N–H and O–H groups in total. The number of carbonyl (C=O) groups is 2. The summed E-state index contributed by atoms with van der Waals surface area (Å²) in [6, 6.07) is 3.98. The number of aryl methyl sites for hydroxylation is 1. The Morgan fingerprint density at radius 2 is 2.00 bits per heavy atom. The number of hydrogen-bond donors (Lipinski definition) is 2. The van der Waals surface area contributed by atoms with E-state index >= 15 is 0 Å². The summed E-state index contributed by atoms with van der Waals surface area (Å²) >= 11 is 0. The van der Waals surface area contributed by atoms with Gasteiger partial charge in [-0.2, -0.15) is 0 Å². The molecule has 0 radical (unpaired) electrons. The summed E-state index contributed by atoms with van der Waals surface area (Å²) in [4.78, 5) is 22.1. The van der Waals surface area contributed by atoms with Crippen molar-refractivity contribution in [2.24, 2.45) is 0 Å². The van der Waals surface area contributed by atoms with Crippen LogP contribution in [0.1, 0.15) is 32.8 Å². The molecule has 0 fully saturated rings. The predicted molar refractivity (Wildman–Crippen MR) is 72.2 cm³/mol. The zero-order valence-corrected chi connectivity index (χ0v) is 11.7. The molecule has 1 aromatic rings. The van der Waals surface area contributed by atoms with Gasteiger partial charge in [-0.1, -0.05) is 0 Å². The van der Waals surface area contributed by atoms with E-state index in [2.05, 4.69) is 5.32 Å². The van der Waals surface area contributed by atoms with Crippen LogP contribution in [-0.4, -0.2) is 22.8 Å². The van der Waals surface area contributed by atoms with E-state index in [0.717, 1.165) is 0 Å². The second-order valence-electron chi connectivity index (χ2n) is 5.33. The Kier molecular flexibility index (Phi) is 5.07. The van der Waals surface area contributed by atoms with Crippen molar-refractivity contribution < 1.29 is 23.8 Å². The van der Waals surface area contributed by atoms with Crippen molar-refractivity contribution in [1.29, 1.82) is 0 Å². The number of carboxylic acid groups (broad SMARTS) is 1. The van der Waals surface area contributed by atoms with E-state index in [0.29, 0.717) is 5.69 Å². The summed E-state index contributed by atoms with van der Waals surface area (Å²) in [6.07, 6.45) is -0.758. The molecule has 0 aliphatic rings. The van der Waals surface area contributed by atoms with Crippen molar-refractivity contribution in [3.63, 3.8) is 0 Å². The molecule has 0 spiro atoms. The number of anilines is 1. The molecule has 6 heteroatoms.